The molecular formula is C17H17BrN4O. The summed E-state index contributed by atoms with van der Waals surface area (Å²) in [4.78, 5) is 0. The number of rotatable bonds is 1. The molecule has 0 fully saturated rings. The molecule has 1 atom stereocenters. The number of hydrogen-bond acceptors (Lipinski definition) is 5. The molecule has 0 spiro atoms. The minimum atomic E-state index is -0.287. The zero-order valence-corrected chi connectivity index (χ0v) is 14.7. The molecule has 0 aliphatic carbocycles. The Morgan fingerprint density at radius 3 is 2.52 bits per heavy atom. The number of nitriles is 1. The lowest BCUT2D eigenvalue weighted by molar-refractivity contribution is 0.404. The Morgan fingerprint density at radius 2 is 1.96 bits per heavy atom. The molecule has 118 valence electrons. The summed E-state index contributed by atoms with van der Waals surface area (Å²) in [5.74, 6) is 0.536. The summed E-state index contributed by atoms with van der Waals surface area (Å²) < 4.78 is 6.44. The highest BCUT2D eigenvalue weighted by molar-refractivity contribution is 9.10. The van der Waals surface area contributed by atoms with Crippen molar-refractivity contribution in [1.82, 2.24) is 5.16 Å². The highest BCUT2D eigenvalue weighted by Crippen LogP contribution is 2.45. The van der Waals surface area contributed by atoms with Crippen LogP contribution in [0, 0.1) is 11.3 Å². The van der Waals surface area contributed by atoms with E-state index in [-0.39, 0.29) is 11.3 Å². The third kappa shape index (κ3) is 2.62. The van der Waals surface area contributed by atoms with Gasteiger partial charge in [-0.1, -0.05) is 54.0 Å². The van der Waals surface area contributed by atoms with Crippen molar-refractivity contribution >= 4 is 21.8 Å². The minimum absolute atomic E-state index is 0.209. The van der Waals surface area contributed by atoms with Crippen molar-refractivity contribution in [3.8, 4) is 6.07 Å². The summed E-state index contributed by atoms with van der Waals surface area (Å²) in [7, 11) is 0. The molecule has 0 radical (unpaired) electrons. The lowest BCUT2D eigenvalue weighted by atomic mass is 9.78. The largest absolute Gasteiger partial charge is 0.384 e. The van der Waals surface area contributed by atoms with Crippen LogP contribution in [0.25, 0.3) is 0 Å². The average Bonchev–Trinajstić information content (AvgIpc) is 2.90. The number of hydrogen-bond donors (Lipinski definition) is 2. The van der Waals surface area contributed by atoms with E-state index >= 15 is 0 Å². The number of nitrogens with zero attached hydrogens (tertiary/aromatic N) is 2. The van der Waals surface area contributed by atoms with E-state index in [2.05, 4.69) is 53.2 Å². The van der Waals surface area contributed by atoms with Crippen molar-refractivity contribution in [3.05, 3.63) is 57.0 Å². The normalized spacial score (nSPS) is 17.4. The van der Waals surface area contributed by atoms with E-state index in [1.165, 1.54) is 0 Å². The third-order valence-electron chi connectivity index (χ3n) is 3.88. The first-order valence-electron chi connectivity index (χ1n) is 7.25. The van der Waals surface area contributed by atoms with Gasteiger partial charge in [-0.3, -0.25) is 0 Å². The number of nitrogens with two attached hydrogens (primary N) is 1. The summed E-state index contributed by atoms with van der Waals surface area (Å²) in [6.07, 6.45) is 0. The molecule has 0 saturated heterocycles. The Bertz CT molecular complexity index is 822. The van der Waals surface area contributed by atoms with E-state index in [0.29, 0.717) is 17.3 Å². The van der Waals surface area contributed by atoms with Gasteiger partial charge in [0.25, 0.3) is 0 Å². The molecule has 3 N–H and O–H groups in total. The zero-order valence-electron chi connectivity index (χ0n) is 13.1. The van der Waals surface area contributed by atoms with E-state index in [1.807, 2.05) is 24.3 Å². The van der Waals surface area contributed by atoms with Gasteiger partial charge in [-0.25, -0.2) is 0 Å². The number of anilines is 1. The van der Waals surface area contributed by atoms with Gasteiger partial charge >= 0.3 is 0 Å². The summed E-state index contributed by atoms with van der Waals surface area (Å²) in [5.41, 5.74) is 8.98. The summed E-state index contributed by atoms with van der Waals surface area (Å²) in [6.45, 7) is 6.20. The molecular weight excluding hydrogens is 356 g/mol. The Balaban J connectivity index is 2.26. The molecule has 0 amide bonds. The van der Waals surface area contributed by atoms with Crippen LogP contribution in [0.5, 0.6) is 0 Å². The van der Waals surface area contributed by atoms with Crippen LogP contribution in [0.15, 0.2) is 44.7 Å². The van der Waals surface area contributed by atoms with Crippen LogP contribution in [-0.4, -0.2) is 5.16 Å². The first-order valence-corrected chi connectivity index (χ1v) is 8.04. The van der Waals surface area contributed by atoms with Crippen molar-refractivity contribution in [2.75, 3.05) is 5.32 Å². The maximum absolute atomic E-state index is 9.62. The van der Waals surface area contributed by atoms with Gasteiger partial charge in [-0.15, -0.1) is 0 Å². The summed E-state index contributed by atoms with van der Waals surface area (Å²) in [6, 6.07) is 10.1. The highest BCUT2D eigenvalue weighted by atomic mass is 79.9. The van der Waals surface area contributed by atoms with Gasteiger partial charge in [0.05, 0.1) is 28.8 Å². The second-order valence-corrected chi connectivity index (χ2v) is 7.49. The molecule has 1 aromatic carbocycles. The Hall–Kier alpha value is -2.26. The molecule has 1 aliphatic rings. The standard InChI is InChI=1S/C17H17BrN4O/c1-17(2,3)14-13-12(9-4-6-10(18)7-5-9)11(8-19)15(20)21-16(13)23-22-14/h4-7,12,21H,20H2,1-3H3. The van der Waals surface area contributed by atoms with E-state index < -0.39 is 0 Å². The van der Waals surface area contributed by atoms with Crippen LogP contribution < -0.4 is 11.1 Å². The van der Waals surface area contributed by atoms with Crippen molar-refractivity contribution < 1.29 is 4.52 Å². The third-order valence-corrected chi connectivity index (χ3v) is 4.41. The molecule has 2 aromatic rings. The maximum Gasteiger partial charge on any atom is 0.234 e. The van der Waals surface area contributed by atoms with E-state index in [0.717, 1.165) is 21.3 Å². The van der Waals surface area contributed by atoms with Crippen molar-refractivity contribution in [1.29, 1.82) is 5.26 Å². The number of allylic oxidation sites excluding steroid dienone is 1. The molecule has 2 heterocycles. The van der Waals surface area contributed by atoms with E-state index in [9.17, 15) is 5.26 Å². The van der Waals surface area contributed by atoms with E-state index in [4.69, 9.17) is 10.3 Å². The summed E-state index contributed by atoms with van der Waals surface area (Å²) in [5, 5.41) is 16.8. The number of halogens is 1. The molecule has 6 heteroatoms. The van der Waals surface area contributed by atoms with Gasteiger partial charge in [-0.05, 0) is 17.7 Å². The van der Waals surface area contributed by atoms with Crippen LogP contribution in [0.3, 0.4) is 0 Å². The smallest absolute Gasteiger partial charge is 0.234 e. The van der Waals surface area contributed by atoms with Gasteiger partial charge in [0.15, 0.2) is 0 Å². The SMILES string of the molecule is CC(C)(C)c1noc2c1C(c1ccc(Br)cc1)C(C#N)=C(N)N2. The molecule has 0 bridgehead atoms. The number of nitrogens with one attached hydrogen (secondary N) is 1. The van der Waals surface area contributed by atoms with Crippen molar-refractivity contribution in [2.45, 2.75) is 32.1 Å². The van der Waals surface area contributed by atoms with Crippen molar-refractivity contribution in [3.63, 3.8) is 0 Å². The summed E-state index contributed by atoms with van der Waals surface area (Å²) >= 11 is 3.44. The molecule has 0 saturated carbocycles. The van der Waals surface area contributed by atoms with Crippen LogP contribution >= 0.6 is 15.9 Å². The number of benzene rings is 1. The predicted octanol–water partition coefficient (Wildman–Crippen LogP) is 3.99. The fourth-order valence-corrected chi connectivity index (χ4v) is 3.06. The first-order chi connectivity index (χ1) is 10.8. The average molecular weight is 373 g/mol. The molecule has 1 aromatic heterocycles. The lowest BCUT2D eigenvalue weighted by Crippen LogP contribution is -2.25. The minimum Gasteiger partial charge on any atom is -0.384 e. The number of aromatic nitrogens is 1. The molecule has 1 unspecified atom stereocenters. The Morgan fingerprint density at radius 1 is 1.30 bits per heavy atom. The van der Waals surface area contributed by atoms with Gasteiger partial charge in [-0.2, -0.15) is 5.26 Å². The topological polar surface area (TPSA) is 87.9 Å². The lowest BCUT2D eigenvalue weighted by Gasteiger charge is -2.27. The zero-order chi connectivity index (χ0) is 16.8. The monoisotopic (exact) mass is 372 g/mol. The van der Waals surface area contributed by atoms with Gasteiger partial charge in [0.2, 0.25) is 5.88 Å². The van der Waals surface area contributed by atoms with Crippen molar-refractivity contribution in [2.24, 2.45) is 5.73 Å². The Kier molecular flexibility index (Phi) is 3.69. The fraction of sp³-hybridized carbons (Fsp3) is 0.294. The molecule has 1 aliphatic heterocycles. The van der Waals surface area contributed by atoms with Crippen LogP contribution in [-0.2, 0) is 5.41 Å². The van der Waals surface area contributed by atoms with Gasteiger partial charge in [0, 0.05) is 9.89 Å². The van der Waals surface area contributed by atoms with Crippen LogP contribution in [0.4, 0.5) is 5.88 Å². The second kappa shape index (κ2) is 5.43. The first kappa shape index (κ1) is 15.6. The quantitative estimate of drug-likeness (QED) is 0.789. The Labute approximate surface area is 143 Å². The molecule has 5 nitrogen and oxygen atoms in total. The van der Waals surface area contributed by atoms with Crippen LogP contribution in [0.2, 0.25) is 0 Å². The van der Waals surface area contributed by atoms with Gasteiger partial charge < -0.3 is 15.6 Å². The highest BCUT2D eigenvalue weighted by Gasteiger charge is 2.38. The predicted molar refractivity (Wildman–Crippen MR) is 91.6 cm³/mol. The number of fused-ring (bicyclic) bond motifs is 1. The molecule has 3 rings (SSSR count). The maximum atomic E-state index is 9.62. The van der Waals surface area contributed by atoms with E-state index in [1.54, 1.807) is 0 Å². The van der Waals surface area contributed by atoms with Crippen LogP contribution in [0.1, 0.15) is 43.5 Å². The fourth-order valence-electron chi connectivity index (χ4n) is 2.80. The second-order valence-electron chi connectivity index (χ2n) is 6.57. The molecule has 23 heavy (non-hydrogen) atoms. The van der Waals surface area contributed by atoms with Gasteiger partial charge in [0.1, 0.15) is 5.82 Å².